The molecule has 0 bridgehead atoms. The molecule has 0 unspecified atom stereocenters. The van der Waals surface area contributed by atoms with E-state index >= 15 is 0 Å². The predicted molar refractivity (Wildman–Crippen MR) is 64.9 cm³/mol. The molecule has 3 N–H and O–H groups in total. The summed E-state index contributed by atoms with van der Waals surface area (Å²) in [4.78, 5) is 2.43. The Bertz CT molecular complexity index is 486. The maximum Gasteiger partial charge on any atom is 0.257 e. The SMILES string of the molecule is COc1ccc(CN)cc1S(=O)(=O)NN(C)C. The van der Waals surface area contributed by atoms with Crippen LogP contribution in [0.15, 0.2) is 23.1 Å². The molecule has 0 saturated carbocycles. The number of hydrogen-bond donors (Lipinski definition) is 2. The highest BCUT2D eigenvalue weighted by atomic mass is 32.2. The molecular formula is C10H17N3O3S. The largest absolute Gasteiger partial charge is 0.495 e. The number of nitrogens with two attached hydrogens (primary N) is 1. The minimum absolute atomic E-state index is 0.0802. The molecule has 0 fully saturated rings. The molecule has 6 nitrogen and oxygen atoms in total. The van der Waals surface area contributed by atoms with Gasteiger partial charge in [0.25, 0.3) is 10.0 Å². The summed E-state index contributed by atoms with van der Waals surface area (Å²) >= 11 is 0. The third-order valence-corrected chi connectivity index (χ3v) is 3.56. The first-order valence-corrected chi connectivity index (χ1v) is 6.45. The second-order valence-corrected chi connectivity index (χ2v) is 5.31. The van der Waals surface area contributed by atoms with Gasteiger partial charge in [0.05, 0.1) is 7.11 Å². The van der Waals surface area contributed by atoms with E-state index in [1.54, 1.807) is 26.2 Å². The first-order valence-electron chi connectivity index (χ1n) is 4.97. The van der Waals surface area contributed by atoms with E-state index in [0.717, 1.165) is 5.56 Å². The lowest BCUT2D eigenvalue weighted by atomic mass is 10.2. The summed E-state index contributed by atoms with van der Waals surface area (Å²) in [7, 11) is 0.971. The molecule has 0 atom stereocenters. The number of hydrogen-bond acceptors (Lipinski definition) is 5. The minimum Gasteiger partial charge on any atom is -0.495 e. The van der Waals surface area contributed by atoms with Gasteiger partial charge in [-0.1, -0.05) is 6.07 Å². The van der Waals surface area contributed by atoms with E-state index in [4.69, 9.17) is 10.5 Å². The van der Waals surface area contributed by atoms with Gasteiger partial charge in [-0.3, -0.25) is 0 Å². The van der Waals surface area contributed by atoms with Crippen LogP contribution in [0, 0.1) is 0 Å². The van der Waals surface area contributed by atoms with Crippen LogP contribution >= 0.6 is 0 Å². The summed E-state index contributed by atoms with van der Waals surface area (Å²) in [6.45, 7) is 0.272. The molecule has 0 aliphatic heterocycles. The third kappa shape index (κ3) is 3.40. The Morgan fingerprint density at radius 1 is 1.41 bits per heavy atom. The van der Waals surface area contributed by atoms with Gasteiger partial charge in [0.2, 0.25) is 0 Å². The summed E-state index contributed by atoms with van der Waals surface area (Å²) in [6.07, 6.45) is 0. The normalized spacial score (nSPS) is 11.8. The lowest BCUT2D eigenvalue weighted by Crippen LogP contribution is -2.36. The van der Waals surface area contributed by atoms with Gasteiger partial charge in [-0.05, 0) is 17.7 Å². The molecule has 0 aromatic heterocycles. The van der Waals surface area contributed by atoms with E-state index in [2.05, 4.69) is 4.83 Å². The Hall–Kier alpha value is -1.15. The highest BCUT2D eigenvalue weighted by molar-refractivity contribution is 7.89. The van der Waals surface area contributed by atoms with Gasteiger partial charge in [0.15, 0.2) is 0 Å². The number of methoxy groups -OCH3 is 1. The van der Waals surface area contributed by atoms with Crippen molar-refractivity contribution in [3.63, 3.8) is 0 Å². The van der Waals surface area contributed by atoms with Crippen molar-refractivity contribution in [2.45, 2.75) is 11.4 Å². The molecule has 1 aromatic carbocycles. The Morgan fingerprint density at radius 3 is 2.53 bits per heavy atom. The summed E-state index contributed by atoms with van der Waals surface area (Å²) < 4.78 is 29.1. The Labute approximate surface area is 101 Å². The van der Waals surface area contributed by atoms with E-state index in [1.165, 1.54) is 18.2 Å². The van der Waals surface area contributed by atoms with Gasteiger partial charge in [0.1, 0.15) is 10.6 Å². The number of ether oxygens (including phenoxy) is 1. The zero-order chi connectivity index (χ0) is 13.1. The van der Waals surface area contributed by atoms with Crippen molar-refractivity contribution < 1.29 is 13.2 Å². The highest BCUT2D eigenvalue weighted by Gasteiger charge is 2.20. The van der Waals surface area contributed by atoms with Gasteiger partial charge in [-0.25, -0.2) is 13.4 Å². The number of benzene rings is 1. The van der Waals surface area contributed by atoms with Crippen LogP contribution in [0.1, 0.15) is 5.56 Å². The standard InChI is InChI=1S/C10H17N3O3S/c1-13(2)12-17(14,15)10-6-8(7-11)4-5-9(10)16-3/h4-6,12H,7,11H2,1-3H3. The fourth-order valence-corrected chi connectivity index (χ4v) is 2.65. The zero-order valence-electron chi connectivity index (χ0n) is 10.1. The van der Waals surface area contributed by atoms with E-state index in [9.17, 15) is 8.42 Å². The van der Waals surface area contributed by atoms with Crippen LogP contribution in [-0.4, -0.2) is 34.6 Å². The van der Waals surface area contributed by atoms with Crippen LogP contribution in [0.4, 0.5) is 0 Å². The van der Waals surface area contributed by atoms with Gasteiger partial charge in [0, 0.05) is 20.6 Å². The molecular weight excluding hydrogens is 242 g/mol. The van der Waals surface area contributed by atoms with Crippen molar-refractivity contribution in [2.24, 2.45) is 5.73 Å². The van der Waals surface area contributed by atoms with Crippen LogP contribution in [-0.2, 0) is 16.6 Å². The first-order chi connectivity index (χ1) is 7.90. The zero-order valence-corrected chi connectivity index (χ0v) is 10.9. The van der Waals surface area contributed by atoms with Crippen LogP contribution in [0.5, 0.6) is 5.75 Å². The Kier molecular flexibility index (Phi) is 4.47. The molecule has 1 aromatic rings. The lowest BCUT2D eigenvalue weighted by Gasteiger charge is -2.15. The molecule has 0 saturated heterocycles. The molecule has 1 rings (SSSR count). The fraction of sp³-hybridized carbons (Fsp3) is 0.400. The number of nitrogens with zero attached hydrogens (tertiary/aromatic N) is 1. The van der Waals surface area contributed by atoms with Gasteiger partial charge >= 0.3 is 0 Å². The molecule has 96 valence electrons. The molecule has 0 spiro atoms. The van der Waals surface area contributed by atoms with Gasteiger partial charge < -0.3 is 10.5 Å². The van der Waals surface area contributed by atoms with Crippen molar-refractivity contribution in [3.8, 4) is 5.75 Å². The molecule has 7 heteroatoms. The number of rotatable bonds is 5. The summed E-state index contributed by atoms with van der Waals surface area (Å²) in [5.74, 6) is 0.288. The topological polar surface area (TPSA) is 84.7 Å². The van der Waals surface area contributed by atoms with Crippen molar-refractivity contribution in [1.82, 2.24) is 9.84 Å². The summed E-state index contributed by atoms with van der Waals surface area (Å²) in [5, 5.41) is 1.35. The van der Waals surface area contributed by atoms with Gasteiger partial charge in [-0.15, -0.1) is 4.83 Å². The van der Waals surface area contributed by atoms with Gasteiger partial charge in [-0.2, -0.15) is 0 Å². The highest BCUT2D eigenvalue weighted by Crippen LogP contribution is 2.24. The summed E-state index contributed by atoms with van der Waals surface area (Å²) in [5.41, 5.74) is 6.22. The van der Waals surface area contributed by atoms with Crippen molar-refractivity contribution in [1.29, 1.82) is 0 Å². The third-order valence-electron chi connectivity index (χ3n) is 2.06. The average Bonchev–Trinajstić information content (AvgIpc) is 2.26. The first kappa shape index (κ1) is 13.9. The number of sulfonamides is 1. The second kappa shape index (κ2) is 5.46. The maximum absolute atomic E-state index is 12.0. The van der Waals surface area contributed by atoms with Crippen LogP contribution in [0.3, 0.4) is 0 Å². The van der Waals surface area contributed by atoms with Crippen molar-refractivity contribution >= 4 is 10.0 Å². The van der Waals surface area contributed by atoms with Crippen LogP contribution in [0.25, 0.3) is 0 Å². The average molecular weight is 259 g/mol. The van der Waals surface area contributed by atoms with E-state index in [1.807, 2.05) is 0 Å². The lowest BCUT2D eigenvalue weighted by molar-refractivity contribution is 0.360. The number of nitrogens with one attached hydrogen (secondary N) is 1. The fourth-order valence-electron chi connectivity index (χ4n) is 1.35. The van der Waals surface area contributed by atoms with Crippen LogP contribution < -0.4 is 15.3 Å². The molecule has 0 amide bonds. The summed E-state index contributed by atoms with van der Waals surface area (Å²) in [6, 6.07) is 4.82. The monoisotopic (exact) mass is 259 g/mol. The van der Waals surface area contributed by atoms with Crippen LogP contribution in [0.2, 0.25) is 0 Å². The molecule has 0 aliphatic rings. The van der Waals surface area contributed by atoms with Crippen molar-refractivity contribution in [3.05, 3.63) is 23.8 Å². The minimum atomic E-state index is -3.64. The van der Waals surface area contributed by atoms with E-state index < -0.39 is 10.0 Å². The molecule has 0 heterocycles. The maximum atomic E-state index is 12.0. The molecule has 17 heavy (non-hydrogen) atoms. The molecule has 0 radical (unpaired) electrons. The van der Waals surface area contributed by atoms with Crippen molar-refractivity contribution in [2.75, 3.05) is 21.2 Å². The molecule has 0 aliphatic carbocycles. The smallest absolute Gasteiger partial charge is 0.257 e. The van der Waals surface area contributed by atoms with E-state index in [-0.39, 0.29) is 17.2 Å². The Balaban J connectivity index is 3.27. The predicted octanol–water partition coefficient (Wildman–Crippen LogP) is -0.0912. The number of hydrazine groups is 1. The Morgan fingerprint density at radius 2 is 2.06 bits per heavy atom. The second-order valence-electron chi connectivity index (χ2n) is 3.68. The van der Waals surface area contributed by atoms with E-state index in [0.29, 0.717) is 0 Å². The quantitative estimate of drug-likeness (QED) is 0.722.